The van der Waals surface area contributed by atoms with Crippen molar-refractivity contribution < 1.29 is 9.90 Å². The predicted octanol–water partition coefficient (Wildman–Crippen LogP) is 1.16. The predicted molar refractivity (Wildman–Crippen MR) is 46.4 cm³/mol. The molecule has 1 aliphatic rings. The van der Waals surface area contributed by atoms with Crippen molar-refractivity contribution in [3.05, 3.63) is 17.5 Å². The molecule has 2 unspecified atom stereocenters. The summed E-state index contributed by atoms with van der Waals surface area (Å²) in [4.78, 5) is 10.9. The second kappa shape index (κ2) is 2.87. The molecule has 0 spiro atoms. The van der Waals surface area contributed by atoms with E-state index in [2.05, 4.69) is 17.1 Å². The quantitative estimate of drug-likeness (QED) is 0.681. The van der Waals surface area contributed by atoms with Crippen LogP contribution >= 0.6 is 0 Å². The summed E-state index contributed by atoms with van der Waals surface area (Å²) in [6, 6.07) is 0. The van der Waals surface area contributed by atoms with E-state index in [9.17, 15) is 4.79 Å². The molecule has 1 aromatic rings. The zero-order chi connectivity index (χ0) is 9.42. The fourth-order valence-corrected chi connectivity index (χ4v) is 1.99. The van der Waals surface area contributed by atoms with E-state index in [-0.39, 0.29) is 5.92 Å². The van der Waals surface area contributed by atoms with Crippen LogP contribution in [-0.4, -0.2) is 21.3 Å². The molecule has 13 heavy (non-hydrogen) atoms. The number of hydrogen-bond donors (Lipinski definition) is 2. The van der Waals surface area contributed by atoms with Crippen LogP contribution < -0.4 is 0 Å². The van der Waals surface area contributed by atoms with Crippen molar-refractivity contribution in [3.8, 4) is 0 Å². The van der Waals surface area contributed by atoms with E-state index in [0.717, 1.165) is 17.7 Å². The zero-order valence-corrected chi connectivity index (χ0v) is 7.45. The summed E-state index contributed by atoms with van der Waals surface area (Å²) in [7, 11) is 0. The Morgan fingerprint density at radius 1 is 1.77 bits per heavy atom. The van der Waals surface area contributed by atoms with Crippen molar-refractivity contribution in [2.75, 3.05) is 0 Å². The summed E-state index contributed by atoms with van der Waals surface area (Å²) in [6.07, 6.45) is 3.39. The zero-order valence-electron chi connectivity index (χ0n) is 7.45. The molecule has 0 bridgehead atoms. The number of aromatic amines is 1. The lowest BCUT2D eigenvalue weighted by Crippen LogP contribution is -2.22. The van der Waals surface area contributed by atoms with Gasteiger partial charge in [-0.1, -0.05) is 6.92 Å². The van der Waals surface area contributed by atoms with E-state index >= 15 is 0 Å². The number of aromatic nitrogens is 2. The van der Waals surface area contributed by atoms with Gasteiger partial charge in [-0.2, -0.15) is 5.10 Å². The Hall–Kier alpha value is -1.32. The Labute approximate surface area is 76.0 Å². The smallest absolute Gasteiger partial charge is 0.312 e. The van der Waals surface area contributed by atoms with Gasteiger partial charge in [0.2, 0.25) is 0 Å². The van der Waals surface area contributed by atoms with Crippen LogP contribution in [0.3, 0.4) is 0 Å². The lowest BCUT2D eigenvalue weighted by atomic mass is 9.81. The van der Waals surface area contributed by atoms with E-state index in [1.165, 1.54) is 0 Å². The third-order valence-corrected chi connectivity index (χ3v) is 2.60. The minimum Gasteiger partial charge on any atom is -0.481 e. The molecule has 0 saturated heterocycles. The summed E-state index contributed by atoms with van der Waals surface area (Å²) >= 11 is 0. The number of H-pyrrole nitrogens is 1. The number of nitrogens with one attached hydrogen (secondary N) is 1. The van der Waals surface area contributed by atoms with Gasteiger partial charge in [-0.05, 0) is 24.3 Å². The number of carboxylic acids is 1. The minimum atomic E-state index is -0.753. The first-order chi connectivity index (χ1) is 6.18. The van der Waals surface area contributed by atoms with Crippen LogP contribution in [0.2, 0.25) is 0 Å². The molecule has 70 valence electrons. The molecule has 1 aliphatic carbocycles. The Morgan fingerprint density at radius 2 is 2.54 bits per heavy atom. The molecule has 0 fully saturated rings. The maximum Gasteiger partial charge on any atom is 0.312 e. The molecular formula is C9H12N2O2. The molecule has 2 rings (SSSR count). The number of rotatable bonds is 1. The van der Waals surface area contributed by atoms with Gasteiger partial charge in [0.25, 0.3) is 0 Å². The topological polar surface area (TPSA) is 66.0 Å². The molecule has 0 amide bonds. The maximum atomic E-state index is 10.9. The van der Waals surface area contributed by atoms with Crippen LogP contribution in [0.25, 0.3) is 0 Å². The van der Waals surface area contributed by atoms with E-state index in [4.69, 9.17) is 5.11 Å². The highest BCUT2D eigenvalue weighted by Gasteiger charge is 2.31. The van der Waals surface area contributed by atoms with E-state index < -0.39 is 5.97 Å². The molecule has 0 aliphatic heterocycles. The lowest BCUT2D eigenvalue weighted by Gasteiger charge is -2.23. The Morgan fingerprint density at radius 3 is 3.23 bits per heavy atom. The van der Waals surface area contributed by atoms with E-state index in [1.54, 1.807) is 6.20 Å². The molecule has 2 N–H and O–H groups in total. The highest BCUT2D eigenvalue weighted by Crippen LogP contribution is 2.33. The number of fused-ring (bicyclic) bond motifs is 1. The third kappa shape index (κ3) is 1.32. The molecule has 4 heteroatoms. The maximum absolute atomic E-state index is 10.9. The van der Waals surface area contributed by atoms with Gasteiger partial charge >= 0.3 is 5.97 Å². The number of hydrogen-bond acceptors (Lipinski definition) is 2. The van der Waals surface area contributed by atoms with Gasteiger partial charge in [0.15, 0.2) is 0 Å². The van der Waals surface area contributed by atoms with Gasteiger partial charge in [-0.3, -0.25) is 9.89 Å². The lowest BCUT2D eigenvalue weighted by molar-refractivity contribution is -0.139. The van der Waals surface area contributed by atoms with Gasteiger partial charge < -0.3 is 5.11 Å². The van der Waals surface area contributed by atoms with Crippen molar-refractivity contribution in [2.24, 2.45) is 5.92 Å². The fraction of sp³-hybridized carbons (Fsp3) is 0.556. The number of carbonyl (C=O) groups is 1. The monoisotopic (exact) mass is 180 g/mol. The van der Waals surface area contributed by atoms with Crippen LogP contribution in [0.5, 0.6) is 0 Å². The average molecular weight is 180 g/mol. The van der Waals surface area contributed by atoms with Crippen molar-refractivity contribution in [3.63, 3.8) is 0 Å². The van der Waals surface area contributed by atoms with Gasteiger partial charge in [0, 0.05) is 0 Å². The molecule has 1 heterocycles. The first-order valence-electron chi connectivity index (χ1n) is 4.43. The fourth-order valence-electron chi connectivity index (χ4n) is 1.99. The van der Waals surface area contributed by atoms with Gasteiger partial charge in [0.1, 0.15) is 0 Å². The van der Waals surface area contributed by atoms with Gasteiger partial charge in [-0.15, -0.1) is 0 Å². The molecule has 1 aromatic heterocycles. The summed E-state index contributed by atoms with van der Waals surface area (Å²) in [6.45, 7) is 2.08. The number of nitrogens with zero attached hydrogens (tertiary/aromatic N) is 1. The minimum absolute atomic E-state index is 0.388. The van der Waals surface area contributed by atoms with E-state index in [1.807, 2.05) is 0 Å². The summed E-state index contributed by atoms with van der Waals surface area (Å²) in [5.74, 6) is -0.704. The van der Waals surface area contributed by atoms with Crippen LogP contribution in [-0.2, 0) is 11.2 Å². The van der Waals surface area contributed by atoms with Gasteiger partial charge in [-0.25, -0.2) is 0 Å². The summed E-state index contributed by atoms with van der Waals surface area (Å²) in [5.41, 5.74) is 1.86. The summed E-state index contributed by atoms with van der Waals surface area (Å²) < 4.78 is 0. The number of carboxylic acid groups (broad SMARTS) is 1. The number of aliphatic carboxylic acids is 1. The van der Waals surface area contributed by atoms with E-state index in [0.29, 0.717) is 12.3 Å². The molecule has 2 atom stereocenters. The molecule has 0 saturated carbocycles. The first-order valence-corrected chi connectivity index (χ1v) is 4.43. The van der Waals surface area contributed by atoms with Crippen molar-refractivity contribution in [1.82, 2.24) is 10.2 Å². The normalized spacial score (nSPS) is 26.8. The summed E-state index contributed by atoms with van der Waals surface area (Å²) in [5, 5.41) is 15.6. The Bertz CT molecular complexity index is 332. The highest BCUT2D eigenvalue weighted by molar-refractivity contribution is 5.76. The largest absolute Gasteiger partial charge is 0.481 e. The van der Waals surface area contributed by atoms with Crippen LogP contribution in [0, 0.1) is 5.92 Å². The standard InChI is InChI=1S/C9H12N2O2/c1-5-2-6-4-10-11-8(6)7(3-5)9(12)13/h4-5,7H,2-3H2,1H3,(H,10,11)(H,12,13). The Balaban J connectivity index is 2.38. The van der Waals surface area contributed by atoms with Crippen molar-refractivity contribution >= 4 is 5.97 Å². The molecular weight excluding hydrogens is 168 g/mol. The van der Waals surface area contributed by atoms with Crippen LogP contribution in [0.1, 0.15) is 30.5 Å². The van der Waals surface area contributed by atoms with Crippen LogP contribution in [0.4, 0.5) is 0 Å². The molecule has 0 aromatic carbocycles. The SMILES string of the molecule is CC1Cc2cn[nH]c2C(C(=O)O)C1. The second-order valence-corrected chi connectivity index (χ2v) is 3.74. The van der Waals surface area contributed by atoms with Crippen molar-refractivity contribution in [1.29, 1.82) is 0 Å². The average Bonchev–Trinajstić information content (AvgIpc) is 2.49. The molecule has 0 radical (unpaired) electrons. The van der Waals surface area contributed by atoms with Crippen molar-refractivity contribution in [2.45, 2.75) is 25.7 Å². The van der Waals surface area contributed by atoms with Gasteiger partial charge in [0.05, 0.1) is 17.8 Å². The Kier molecular flexibility index (Phi) is 1.83. The first kappa shape index (κ1) is 8.29. The molecule has 4 nitrogen and oxygen atoms in total. The third-order valence-electron chi connectivity index (χ3n) is 2.60. The second-order valence-electron chi connectivity index (χ2n) is 3.74. The van der Waals surface area contributed by atoms with Crippen LogP contribution in [0.15, 0.2) is 6.20 Å². The highest BCUT2D eigenvalue weighted by atomic mass is 16.4.